The van der Waals surface area contributed by atoms with Crippen LogP contribution in [-0.2, 0) is 5.41 Å². The van der Waals surface area contributed by atoms with E-state index in [1.54, 1.807) is 0 Å². The molecule has 13 heavy (non-hydrogen) atoms. The van der Waals surface area contributed by atoms with Crippen molar-refractivity contribution >= 4 is 11.3 Å². The van der Waals surface area contributed by atoms with Crippen molar-refractivity contribution in [2.45, 2.75) is 31.1 Å². The summed E-state index contributed by atoms with van der Waals surface area (Å²) in [5.41, 5.74) is 6.59. The SMILES string of the molecule is NCC1(c2ccsc2F)CCCC1. The predicted molar refractivity (Wildman–Crippen MR) is 53.5 cm³/mol. The summed E-state index contributed by atoms with van der Waals surface area (Å²) >= 11 is 1.18. The van der Waals surface area contributed by atoms with Crippen LogP contribution in [0.15, 0.2) is 11.4 Å². The molecule has 0 atom stereocenters. The minimum atomic E-state index is -0.0376. The van der Waals surface area contributed by atoms with E-state index in [-0.39, 0.29) is 10.5 Å². The molecule has 0 radical (unpaired) electrons. The van der Waals surface area contributed by atoms with Crippen molar-refractivity contribution in [3.05, 3.63) is 22.1 Å². The normalized spacial score (nSPS) is 20.8. The van der Waals surface area contributed by atoms with Crippen molar-refractivity contribution in [2.24, 2.45) is 5.73 Å². The lowest BCUT2D eigenvalue weighted by molar-refractivity contribution is 0.433. The fraction of sp³-hybridized carbons (Fsp3) is 0.600. The molecule has 1 fully saturated rings. The average molecular weight is 199 g/mol. The average Bonchev–Trinajstić information content (AvgIpc) is 2.73. The Morgan fingerprint density at radius 2 is 2.15 bits per heavy atom. The standard InChI is InChI=1S/C10H14FNS/c11-9-8(3-6-13-9)10(7-12)4-1-2-5-10/h3,6H,1-2,4-5,7,12H2. The van der Waals surface area contributed by atoms with Gasteiger partial charge >= 0.3 is 0 Å². The van der Waals surface area contributed by atoms with Gasteiger partial charge in [-0.3, -0.25) is 0 Å². The molecule has 72 valence electrons. The Morgan fingerprint density at radius 1 is 1.46 bits per heavy atom. The van der Waals surface area contributed by atoms with Gasteiger partial charge in [-0.25, -0.2) is 0 Å². The minimum absolute atomic E-state index is 0.0349. The van der Waals surface area contributed by atoms with Crippen molar-refractivity contribution < 1.29 is 4.39 Å². The Kier molecular flexibility index (Phi) is 2.39. The first-order valence-electron chi connectivity index (χ1n) is 4.72. The third kappa shape index (κ3) is 1.40. The van der Waals surface area contributed by atoms with E-state index in [0.717, 1.165) is 18.4 Å². The van der Waals surface area contributed by atoms with Crippen LogP contribution in [0.1, 0.15) is 31.2 Å². The number of halogens is 1. The van der Waals surface area contributed by atoms with Crippen LogP contribution in [0.2, 0.25) is 0 Å². The van der Waals surface area contributed by atoms with Crippen molar-refractivity contribution in [2.75, 3.05) is 6.54 Å². The monoisotopic (exact) mass is 199 g/mol. The molecule has 1 aliphatic rings. The molecule has 0 aromatic carbocycles. The predicted octanol–water partition coefficient (Wildman–Crippen LogP) is 2.66. The molecule has 1 aromatic rings. The van der Waals surface area contributed by atoms with Crippen molar-refractivity contribution in [3.63, 3.8) is 0 Å². The highest BCUT2D eigenvalue weighted by Crippen LogP contribution is 2.42. The first-order chi connectivity index (χ1) is 6.28. The Morgan fingerprint density at radius 3 is 2.62 bits per heavy atom. The van der Waals surface area contributed by atoms with Gasteiger partial charge in [-0.15, -0.1) is 11.3 Å². The van der Waals surface area contributed by atoms with Gasteiger partial charge in [0.25, 0.3) is 0 Å². The zero-order valence-electron chi connectivity index (χ0n) is 7.55. The van der Waals surface area contributed by atoms with E-state index in [1.165, 1.54) is 24.2 Å². The lowest BCUT2D eigenvalue weighted by Crippen LogP contribution is -2.32. The molecule has 0 unspecified atom stereocenters. The Balaban J connectivity index is 2.36. The largest absolute Gasteiger partial charge is 0.330 e. The Bertz CT molecular complexity index is 289. The van der Waals surface area contributed by atoms with Crippen LogP contribution in [0.4, 0.5) is 4.39 Å². The van der Waals surface area contributed by atoms with E-state index in [2.05, 4.69) is 0 Å². The van der Waals surface area contributed by atoms with Crippen LogP contribution >= 0.6 is 11.3 Å². The molecular formula is C10H14FNS. The van der Waals surface area contributed by atoms with Crippen molar-refractivity contribution in [3.8, 4) is 0 Å². The summed E-state index contributed by atoms with van der Waals surface area (Å²) in [4.78, 5) is 0. The summed E-state index contributed by atoms with van der Waals surface area (Å²) in [6.07, 6.45) is 4.48. The zero-order chi connectivity index (χ0) is 9.31. The van der Waals surface area contributed by atoms with Gasteiger partial charge in [-0.1, -0.05) is 12.8 Å². The van der Waals surface area contributed by atoms with E-state index >= 15 is 0 Å². The summed E-state index contributed by atoms with van der Waals surface area (Å²) in [5, 5.41) is 1.78. The summed E-state index contributed by atoms with van der Waals surface area (Å²) in [5.74, 6) is 0. The van der Waals surface area contributed by atoms with E-state index in [4.69, 9.17) is 5.73 Å². The molecule has 0 aliphatic heterocycles. The second-order valence-electron chi connectivity index (χ2n) is 3.80. The van der Waals surface area contributed by atoms with Gasteiger partial charge in [0.05, 0.1) is 0 Å². The molecule has 1 saturated carbocycles. The van der Waals surface area contributed by atoms with Gasteiger partial charge < -0.3 is 5.73 Å². The zero-order valence-corrected chi connectivity index (χ0v) is 8.37. The highest BCUT2D eigenvalue weighted by atomic mass is 32.1. The fourth-order valence-electron chi connectivity index (χ4n) is 2.31. The quantitative estimate of drug-likeness (QED) is 0.778. The van der Waals surface area contributed by atoms with E-state index in [0.29, 0.717) is 6.54 Å². The lowest BCUT2D eigenvalue weighted by Gasteiger charge is -2.26. The highest BCUT2D eigenvalue weighted by Gasteiger charge is 2.36. The second kappa shape index (κ2) is 3.39. The van der Waals surface area contributed by atoms with Gasteiger partial charge in [0.2, 0.25) is 0 Å². The van der Waals surface area contributed by atoms with Gasteiger partial charge in [0.1, 0.15) is 0 Å². The number of thiophene rings is 1. The molecule has 0 bridgehead atoms. The van der Waals surface area contributed by atoms with E-state index < -0.39 is 0 Å². The maximum atomic E-state index is 13.4. The van der Waals surface area contributed by atoms with Gasteiger partial charge in [-0.2, -0.15) is 4.39 Å². The third-order valence-corrected chi connectivity index (χ3v) is 3.84. The molecule has 0 amide bonds. The van der Waals surface area contributed by atoms with Crippen LogP contribution in [0, 0.1) is 5.13 Å². The van der Waals surface area contributed by atoms with E-state index in [9.17, 15) is 4.39 Å². The number of hydrogen-bond acceptors (Lipinski definition) is 2. The molecule has 2 rings (SSSR count). The van der Waals surface area contributed by atoms with Crippen LogP contribution in [0.3, 0.4) is 0 Å². The number of rotatable bonds is 2. The van der Waals surface area contributed by atoms with Crippen molar-refractivity contribution in [1.82, 2.24) is 0 Å². The maximum absolute atomic E-state index is 13.4. The molecule has 2 N–H and O–H groups in total. The smallest absolute Gasteiger partial charge is 0.180 e. The Labute approximate surface area is 81.8 Å². The summed E-state index contributed by atoms with van der Waals surface area (Å²) in [7, 11) is 0. The van der Waals surface area contributed by atoms with E-state index in [1.807, 2.05) is 11.4 Å². The fourth-order valence-corrected chi connectivity index (χ4v) is 3.05. The minimum Gasteiger partial charge on any atom is -0.330 e. The summed E-state index contributed by atoms with van der Waals surface area (Å²) < 4.78 is 13.4. The molecule has 1 heterocycles. The topological polar surface area (TPSA) is 26.0 Å². The van der Waals surface area contributed by atoms with Crippen LogP contribution < -0.4 is 5.73 Å². The Hall–Kier alpha value is -0.410. The lowest BCUT2D eigenvalue weighted by atomic mass is 9.80. The highest BCUT2D eigenvalue weighted by molar-refractivity contribution is 7.08. The molecule has 0 saturated heterocycles. The molecule has 1 aliphatic carbocycles. The first-order valence-corrected chi connectivity index (χ1v) is 5.60. The molecule has 1 aromatic heterocycles. The summed E-state index contributed by atoms with van der Waals surface area (Å²) in [6, 6.07) is 1.90. The summed E-state index contributed by atoms with van der Waals surface area (Å²) in [6.45, 7) is 0.584. The molecule has 1 nitrogen and oxygen atoms in total. The number of nitrogens with two attached hydrogens (primary N) is 1. The third-order valence-electron chi connectivity index (χ3n) is 3.14. The van der Waals surface area contributed by atoms with Crippen LogP contribution in [0.25, 0.3) is 0 Å². The molecule has 3 heteroatoms. The van der Waals surface area contributed by atoms with Crippen LogP contribution in [-0.4, -0.2) is 6.54 Å². The van der Waals surface area contributed by atoms with Crippen LogP contribution in [0.5, 0.6) is 0 Å². The molecule has 0 spiro atoms. The maximum Gasteiger partial charge on any atom is 0.180 e. The molecular weight excluding hydrogens is 185 g/mol. The van der Waals surface area contributed by atoms with Gasteiger partial charge in [-0.05, 0) is 24.3 Å². The van der Waals surface area contributed by atoms with Crippen molar-refractivity contribution in [1.29, 1.82) is 0 Å². The van der Waals surface area contributed by atoms with Gasteiger partial charge in [0.15, 0.2) is 5.13 Å². The first kappa shape index (κ1) is 9.16. The number of hydrogen-bond donors (Lipinski definition) is 1. The van der Waals surface area contributed by atoms with Gasteiger partial charge in [0, 0.05) is 17.5 Å². The second-order valence-corrected chi connectivity index (χ2v) is 4.67.